The Morgan fingerprint density at radius 3 is 2.55 bits per heavy atom. The summed E-state index contributed by atoms with van der Waals surface area (Å²) in [5.74, 6) is 0.220. The molecule has 3 N–H and O–H groups in total. The molecule has 1 aliphatic rings. The van der Waals surface area contributed by atoms with Gasteiger partial charge < -0.3 is 14.2 Å². The molecule has 8 heteroatoms. The number of rotatable bonds is 2. The van der Waals surface area contributed by atoms with Gasteiger partial charge in [0.2, 0.25) is 0 Å². The van der Waals surface area contributed by atoms with E-state index in [1.165, 1.54) is 0 Å². The smallest absolute Gasteiger partial charge is 0.423 e. The number of hydrogen-bond acceptors (Lipinski definition) is 5. The van der Waals surface area contributed by atoms with Crippen molar-refractivity contribution < 1.29 is 22.6 Å². The van der Waals surface area contributed by atoms with Gasteiger partial charge in [-0.1, -0.05) is 30.3 Å². The Balaban J connectivity index is 2.03. The molecule has 0 aromatic heterocycles. The van der Waals surface area contributed by atoms with E-state index in [9.17, 15) is 8.42 Å². The molecule has 0 saturated heterocycles. The summed E-state index contributed by atoms with van der Waals surface area (Å²) in [6, 6.07) is 11.6. The fourth-order valence-electron chi connectivity index (χ4n) is 2.01. The van der Waals surface area contributed by atoms with Crippen LogP contribution in [0.2, 0.25) is 0 Å². The maximum absolute atomic E-state index is 11.3. The summed E-state index contributed by atoms with van der Waals surface area (Å²) in [7, 11) is -5.31. The molecular weight excluding hydrogens is 281 g/mol. The zero-order chi connectivity index (χ0) is 14.3. The predicted molar refractivity (Wildman–Crippen MR) is 74.9 cm³/mol. The van der Waals surface area contributed by atoms with E-state index in [4.69, 9.17) is 14.2 Å². The minimum atomic E-state index is -3.76. The van der Waals surface area contributed by atoms with Gasteiger partial charge in [0.05, 0.1) is 5.69 Å². The van der Waals surface area contributed by atoms with E-state index in [1.54, 1.807) is 42.5 Å². The minimum absolute atomic E-state index is 0.220. The van der Waals surface area contributed by atoms with E-state index in [1.807, 2.05) is 0 Å². The summed E-state index contributed by atoms with van der Waals surface area (Å²) in [5, 5.41) is 18.3. The van der Waals surface area contributed by atoms with Crippen molar-refractivity contribution in [3.8, 4) is 16.9 Å². The molecule has 1 heterocycles. The second-order valence-electron chi connectivity index (χ2n) is 4.35. The Morgan fingerprint density at radius 1 is 1.05 bits per heavy atom. The average molecular weight is 291 g/mol. The van der Waals surface area contributed by atoms with Crippen LogP contribution in [0.25, 0.3) is 11.1 Å². The van der Waals surface area contributed by atoms with Crippen molar-refractivity contribution in [3.63, 3.8) is 0 Å². The topological polar surface area (TPSA) is 95.9 Å². The highest BCUT2D eigenvalue weighted by Crippen LogP contribution is 2.36. The number of fused-ring (bicyclic) bond motifs is 1. The molecule has 0 atom stereocenters. The van der Waals surface area contributed by atoms with E-state index in [0.717, 1.165) is 5.56 Å². The first-order valence-corrected chi connectivity index (χ1v) is 7.18. The fourth-order valence-corrected chi connectivity index (χ4v) is 2.86. The molecule has 0 saturated carbocycles. The summed E-state index contributed by atoms with van der Waals surface area (Å²) in [5.41, 5.74) is 2.18. The van der Waals surface area contributed by atoms with Crippen LogP contribution in [0.4, 0.5) is 5.69 Å². The fraction of sp³-hybridized carbons (Fsp3) is 0. The molecule has 0 aliphatic carbocycles. The van der Waals surface area contributed by atoms with Crippen LogP contribution in [0, 0.1) is 0 Å². The van der Waals surface area contributed by atoms with Crippen LogP contribution in [0.15, 0.2) is 42.5 Å². The van der Waals surface area contributed by atoms with E-state index < -0.39 is 17.4 Å². The predicted octanol–water partition coefficient (Wildman–Crippen LogP) is 0.0825. The van der Waals surface area contributed by atoms with Crippen molar-refractivity contribution in [1.29, 1.82) is 0 Å². The third-order valence-electron chi connectivity index (χ3n) is 2.93. The summed E-state index contributed by atoms with van der Waals surface area (Å²) in [4.78, 5) is 0. The van der Waals surface area contributed by atoms with Crippen LogP contribution in [0.3, 0.4) is 0 Å². The van der Waals surface area contributed by atoms with Crippen LogP contribution in [0.1, 0.15) is 0 Å². The molecule has 6 nitrogen and oxygen atoms in total. The van der Waals surface area contributed by atoms with Crippen molar-refractivity contribution in [3.05, 3.63) is 42.5 Å². The van der Waals surface area contributed by atoms with Crippen molar-refractivity contribution >= 4 is 28.6 Å². The lowest BCUT2D eigenvalue weighted by atomic mass is 9.79. The molecule has 0 unspecified atom stereocenters. The van der Waals surface area contributed by atoms with Gasteiger partial charge in [-0.2, -0.15) is 8.42 Å². The number of anilines is 1. The van der Waals surface area contributed by atoms with Gasteiger partial charge in [0, 0.05) is 0 Å². The summed E-state index contributed by atoms with van der Waals surface area (Å²) in [6.07, 6.45) is 0. The quantitative estimate of drug-likeness (QED) is 0.681. The molecule has 0 fully saturated rings. The second kappa shape index (κ2) is 4.52. The Labute approximate surface area is 116 Å². The largest absolute Gasteiger partial charge is 0.488 e. The summed E-state index contributed by atoms with van der Waals surface area (Å²) < 4.78 is 29.6. The molecule has 0 radical (unpaired) electrons. The van der Waals surface area contributed by atoms with Gasteiger partial charge in [0.1, 0.15) is 0 Å². The zero-order valence-electron chi connectivity index (χ0n) is 10.1. The van der Waals surface area contributed by atoms with Gasteiger partial charge in [-0.05, 0) is 28.7 Å². The molecular formula is C12H10BNO5S. The highest BCUT2D eigenvalue weighted by Gasteiger charge is 2.25. The Hall–Kier alpha value is -2.03. The van der Waals surface area contributed by atoms with Crippen LogP contribution in [0.5, 0.6) is 5.75 Å². The van der Waals surface area contributed by atoms with Gasteiger partial charge in [0.25, 0.3) is 0 Å². The zero-order valence-corrected chi connectivity index (χ0v) is 11.0. The van der Waals surface area contributed by atoms with Crippen molar-refractivity contribution in [2.75, 3.05) is 4.72 Å². The van der Waals surface area contributed by atoms with Gasteiger partial charge >= 0.3 is 17.4 Å². The summed E-state index contributed by atoms with van der Waals surface area (Å²) in [6.45, 7) is 0. The molecule has 0 amide bonds. The minimum Gasteiger partial charge on any atom is -0.423 e. The molecule has 2 aromatic rings. The lowest BCUT2D eigenvalue weighted by Crippen LogP contribution is -2.29. The summed E-state index contributed by atoms with van der Waals surface area (Å²) >= 11 is 0. The van der Waals surface area contributed by atoms with Crippen molar-refractivity contribution in [1.82, 2.24) is 0 Å². The van der Waals surface area contributed by atoms with Crippen molar-refractivity contribution in [2.24, 2.45) is 0 Å². The van der Waals surface area contributed by atoms with Crippen LogP contribution >= 0.6 is 0 Å². The van der Waals surface area contributed by atoms with E-state index in [-0.39, 0.29) is 5.75 Å². The number of benzene rings is 2. The molecule has 1 aliphatic heterocycles. The standard InChI is InChI=1S/C12H10BNO5S/c15-13(16)10-3-1-2-8(6-10)9-4-5-11-12(7-9)19-20(17,18)14-11/h1-7,14-16H. The Kier molecular flexibility index (Phi) is 2.93. The third-order valence-corrected chi connectivity index (χ3v) is 3.80. The SMILES string of the molecule is O=S1(=O)Nc2ccc(-c3cccc(B(O)O)c3)cc2O1. The molecule has 2 aromatic carbocycles. The lowest BCUT2D eigenvalue weighted by Gasteiger charge is -2.06. The highest BCUT2D eigenvalue weighted by molar-refractivity contribution is 7.88. The van der Waals surface area contributed by atoms with Crippen molar-refractivity contribution in [2.45, 2.75) is 0 Å². The van der Waals surface area contributed by atoms with E-state index >= 15 is 0 Å². The first kappa shape index (κ1) is 13.0. The monoisotopic (exact) mass is 291 g/mol. The molecule has 0 bridgehead atoms. The Bertz CT molecular complexity index is 775. The molecule has 0 spiro atoms. The Morgan fingerprint density at radius 2 is 1.80 bits per heavy atom. The van der Waals surface area contributed by atoms with Gasteiger partial charge in [0.15, 0.2) is 5.75 Å². The number of nitrogens with one attached hydrogen (secondary N) is 1. The van der Waals surface area contributed by atoms with Crippen LogP contribution in [-0.2, 0) is 10.3 Å². The van der Waals surface area contributed by atoms with Gasteiger partial charge in [-0.3, -0.25) is 0 Å². The highest BCUT2D eigenvalue weighted by atomic mass is 32.2. The second-order valence-corrected chi connectivity index (χ2v) is 5.63. The first-order chi connectivity index (χ1) is 9.44. The van der Waals surface area contributed by atoms with E-state index in [2.05, 4.69) is 4.72 Å². The van der Waals surface area contributed by atoms with E-state index in [0.29, 0.717) is 16.7 Å². The van der Waals surface area contributed by atoms with Crippen LogP contribution in [-0.4, -0.2) is 25.6 Å². The molecule has 20 heavy (non-hydrogen) atoms. The normalized spacial score (nSPS) is 15.1. The lowest BCUT2D eigenvalue weighted by molar-refractivity contribution is 0.426. The van der Waals surface area contributed by atoms with Crippen LogP contribution < -0.4 is 14.4 Å². The van der Waals surface area contributed by atoms with Gasteiger partial charge in [-0.25, -0.2) is 4.72 Å². The molecule has 102 valence electrons. The number of hydrogen-bond donors (Lipinski definition) is 3. The maximum atomic E-state index is 11.3. The average Bonchev–Trinajstić information content (AvgIpc) is 2.71. The van der Waals surface area contributed by atoms with Gasteiger partial charge in [-0.15, -0.1) is 0 Å². The maximum Gasteiger partial charge on any atom is 0.488 e. The first-order valence-electron chi connectivity index (χ1n) is 5.77. The third kappa shape index (κ3) is 2.36. The molecule has 3 rings (SSSR count).